The van der Waals surface area contributed by atoms with Crippen LogP contribution in [-0.2, 0) is 6.54 Å². The topological polar surface area (TPSA) is 52.5 Å². The lowest BCUT2D eigenvalue weighted by atomic mass is 9.80. The number of aliphatic hydroxyl groups excluding tert-OH is 1. The molecule has 0 radical (unpaired) electrons. The number of benzene rings is 1. The predicted molar refractivity (Wildman–Crippen MR) is 99.0 cm³/mol. The number of halogens is 1. The van der Waals surface area contributed by atoms with E-state index >= 15 is 0 Å². The van der Waals surface area contributed by atoms with Crippen molar-refractivity contribution in [3.63, 3.8) is 0 Å². The lowest BCUT2D eigenvalue weighted by Gasteiger charge is -2.36. The van der Waals surface area contributed by atoms with Crippen LogP contribution in [0, 0.1) is 0 Å². The predicted octanol–water partition coefficient (Wildman–Crippen LogP) is 2.69. The van der Waals surface area contributed by atoms with Crippen molar-refractivity contribution in [3.8, 4) is 0 Å². The van der Waals surface area contributed by atoms with Gasteiger partial charge in [0.05, 0.1) is 6.10 Å². The Morgan fingerprint density at radius 1 is 1.08 bits per heavy atom. The molecule has 1 aromatic carbocycles. The van der Waals surface area contributed by atoms with Crippen LogP contribution in [0.2, 0.25) is 5.02 Å². The normalized spacial score (nSPS) is 24.2. The van der Waals surface area contributed by atoms with Crippen molar-refractivity contribution in [2.45, 2.75) is 31.4 Å². The third-order valence-electron chi connectivity index (χ3n) is 5.20. The summed E-state index contributed by atoms with van der Waals surface area (Å²) in [6, 6.07) is 10.2. The maximum absolute atomic E-state index is 9.50. The molecular formula is C19H23ClN4O. The van der Waals surface area contributed by atoms with Crippen LogP contribution in [0.1, 0.15) is 30.0 Å². The van der Waals surface area contributed by atoms with E-state index in [1.807, 2.05) is 18.2 Å². The standard InChI is InChI=1S/C19H23ClN4O/c20-16-3-1-2-14(8-16)12-23-4-6-24(7-5-23)19-11-18(21-13-22-19)15-9-17(25)10-15/h1-3,8,11,13,15,17,25H,4-7,9-10,12H2. The zero-order chi connectivity index (χ0) is 17.2. The lowest BCUT2D eigenvalue weighted by molar-refractivity contribution is 0.0732. The first-order chi connectivity index (χ1) is 12.2. The van der Waals surface area contributed by atoms with Crippen LogP contribution in [0.15, 0.2) is 36.7 Å². The largest absolute Gasteiger partial charge is 0.393 e. The number of aromatic nitrogens is 2. The van der Waals surface area contributed by atoms with E-state index in [0.717, 1.165) is 62.1 Å². The smallest absolute Gasteiger partial charge is 0.132 e. The van der Waals surface area contributed by atoms with E-state index in [2.05, 4.69) is 31.9 Å². The number of anilines is 1. The molecule has 0 spiro atoms. The Morgan fingerprint density at radius 3 is 2.60 bits per heavy atom. The number of hydrogen-bond acceptors (Lipinski definition) is 5. The molecule has 1 aromatic heterocycles. The van der Waals surface area contributed by atoms with Crippen molar-refractivity contribution in [1.29, 1.82) is 0 Å². The number of aliphatic hydroxyl groups is 1. The van der Waals surface area contributed by atoms with E-state index in [1.54, 1.807) is 6.33 Å². The van der Waals surface area contributed by atoms with Gasteiger partial charge in [-0.15, -0.1) is 0 Å². The second-order valence-corrected chi connectivity index (χ2v) is 7.45. The van der Waals surface area contributed by atoms with Gasteiger partial charge in [0.1, 0.15) is 12.1 Å². The molecule has 0 atom stereocenters. The molecule has 6 heteroatoms. The van der Waals surface area contributed by atoms with Gasteiger partial charge >= 0.3 is 0 Å². The molecule has 2 aromatic rings. The maximum Gasteiger partial charge on any atom is 0.132 e. The molecule has 1 saturated heterocycles. The summed E-state index contributed by atoms with van der Waals surface area (Å²) in [5.41, 5.74) is 2.32. The molecule has 0 bridgehead atoms. The average Bonchev–Trinajstić information content (AvgIpc) is 2.60. The van der Waals surface area contributed by atoms with E-state index < -0.39 is 0 Å². The molecule has 2 aliphatic rings. The third-order valence-corrected chi connectivity index (χ3v) is 5.43. The van der Waals surface area contributed by atoms with Gasteiger partial charge in [0.25, 0.3) is 0 Å². The Labute approximate surface area is 153 Å². The van der Waals surface area contributed by atoms with Crippen molar-refractivity contribution in [2.24, 2.45) is 0 Å². The number of rotatable bonds is 4. The van der Waals surface area contributed by atoms with E-state index in [0.29, 0.717) is 5.92 Å². The third kappa shape index (κ3) is 3.94. The quantitative estimate of drug-likeness (QED) is 0.910. The molecule has 4 rings (SSSR count). The summed E-state index contributed by atoms with van der Waals surface area (Å²) in [7, 11) is 0. The number of piperazine rings is 1. The first-order valence-corrected chi connectivity index (χ1v) is 9.27. The fourth-order valence-corrected chi connectivity index (χ4v) is 3.83. The zero-order valence-corrected chi connectivity index (χ0v) is 14.9. The molecular weight excluding hydrogens is 336 g/mol. The van der Waals surface area contributed by atoms with Gasteiger partial charge in [-0.1, -0.05) is 23.7 Å². The Kier molecular flexibility index (Phi) is 4.88. The maximum atomic E-state index is 9.50. The van der Waals surface area contributed by atoms with Crippen LogP contribution in [-0.4, -0.2) is 52.3 Å². The molecule has 1 N–H and O–H groups in total. The van der Waals surface area contributed by atoms with Crippen molar-refractivity contribution in [3.05, 3.63) is 52.9 Å². The monoisotopic (exact) mass is 358 g/mol. The van der Waals surface area contributed by atoms with Crippen LogP contribution in [0.3, 0.4) is 0 Å². The van der Waals surface area contributed by atoms with Crippen LogP contribution in [0.5, 0.6) is 0 Å². The Hall–Kier alpha value is -1.69. The zero-order valence-electron chi connectivity index (χ0n) is 14.2. The lowest BCUT2D eigenvalue weighted by Crippen LogP contribution is -2.46. The number of nitrogens with zero attached hydrogens (tertiary/aromatic N) is 4. The first kappa shape index (κ1) is 16.8. The molecule has 25 heavy (non-hydrogen) atoms. The Morgan fingerprint density at radius 2 is 1.88 bits per heavy atom. The first-order valence-electron chi connectivity index (χ1n) is 8.89. The minimum Gasteiger partial charge on any atom is -0.393 e. The van der Waals surface area contributed by atoms with Crippen LogP contribution < -0.4 is 4.90 Å². The van der Waals surface area contributed by atoms with Gasteiger partial charge in [0, 0.05) is 55.4 Å². The van der Waals surface area contributed by atoms with Crippen molar-refractivity contribution in [1.82, 2.24) is 14.9 Å². The van der Waals surface area contributed by atoms with Gasteiger partial charge < -0.3 is 10.0 Å². The van der Waals surface area contributed by atoms with Gasteiger partial charge in [-0.3, -0.25) is 4.90 Å². The molecule has 1 aliphatic heterocycles. The highest BCUT2D eigenvalue weighted by molar-refractivity contribution is 6.30. The van der Waals surface area contributed by atoms with Crippen molar-refractivity contribution >= 4 is 17.4 Å². The van der Waals surface area contributed by atoms with Crippen LogP contribution >= 0.6 is 11.6 Å². The van der Waals surface area contributed by atoms with Crippen molar-refractivity contribution in [2.75, 3.05) is 31.1 Å². The van der Waals surface area contributed by atoms with E-state index in [1.165, 1.54) is 5.56 Å². The van der Waals surface area contributed by atoms with Crippen LogP contribution in [0.4, 0.5) is 5.82 Å². The average molecular weight is 359 g/mol. The minimum absolute atomic E-state index is 0.154. The van der Waals surface area contributed by atoms with E-state index in [9.17, 15) is 5.11 Å². The summed E-state index contributed by atoms with van der Waals surface area (Å²) in [6.45, 7) is 4.87. The summed E-state index contributed by atoms with van der Waals surface area (Å²) >= 11 is 6.08. The molecule has 132 valence electrons. The number of hydrogen-bond donors (Lipinski definition) is 1. The molecule has 1 saturated carbocycles. The minimum atomic E-state index is -0.154. The van der Waals surface area contributed by atoms with E-state index in [-0.39, 0.29) is 6.10 Å². The van der Waals surface area contributed by atoms with Gasteiger partial charge in [0.2, 0.25) is 0 Å². The second-order valence-electron chi connectivity index (χ2n) is 7.02. The van der Waals surface area contributed by atoms with Crippen LogP contribution in [0.25, 0.3) is 0 Å². The SMILES string of the molecule is OC1CC(c2cc(N3CCN(Cc4cccc(Cl)c4)CC3)ncn2)C1. The molecule has 5 nitrogen and oxygen atoms in total. The molecule has 1 aliphatic carbocycles. The molecule has 0 unspecified atom stereocenters. The summed E-state index contributed by atoms with van der Waals surface area (Å²) in [6.07, 6.45) is 3.15. The fraction of sp³-hybridized carbons (Fsp3) is 0.474. The molecule has 2 fully saturated rings. The van der Waals surface area contributed by atoms with E-state index in [4.69, 9.17) is 11.6 Å². The summed E-state index contributed by atoms with van der Waals surface area (Å²) in [4.78, 5) is 13.6. The Balaban J connectivity index is 1.35. The Bertz CT molecular complexity index is 727. The highest BCUT2D eigenvalue weighted by Crippen LogP contribution is 2.36. The highest BCUT2D eigenvalue weighted by atomic mass is 35.5. The highest BCUT2D eigenvalue weighted by Gasteiger charge is 2.30. The second kappa shape index (κ2) is 7.28. The fourth-order valence-electron chi connectivity index (χ4n) is 3.62. The van der Waals surface area contributed by atoms with Gasteiger partial charge in [0.15, 0.2) is 0 Å². The van der Waals surface area contributed by atoms with Crippen molar-refractivity contribution < 1.29 is 5.11 Å². The van der Waals surface area contributed by atoms with Gasteiger partial charge in [-0.05, 0) is 30.5 Å². The summed E-state index contributed by atoms with van der Waals surface area (Å²) in [5, 5.41) is 10.3. The van der Waals surface area contributed by atoms with Gasteiger partial charge in [-0.2, -0.15) is 0 Å². The van der Waals surface area contributed by atoms with Gasteiger partial charge in [-0.25, -0.2) is 9.97 Å². The summed E-state index contributed by atoms with van der Waals surface area (Å²) < 4.78 is 0. The summed E-state index contributed by atoms with van der Waals surface area (Å²) in [5.74, 6) is 1.40. The molecule has 0 amide bonds. The molecule has 2 heterocycles.